The predicted molar refractivity (Wildman–Crippen MR) is 80.1 cm³/mol. The highest BCUT2D eigenvalue weighted by Gasteiger charge is 2.04. The maximum absolute atomic E-state index is 11.7. The number of aromatic amines is 1. The van der Waals surface area contributed by atoms with E-state index in [-0.39, 0.29) is 11.5 Å². The van der Waals surface area contributed by atoms with Crippen LogP contribution in [-0.4, -0.2) is 24.0 Å². The van der Waals surface area contributed by atoms with Crippen LogP contribution < -0.4 is 10.9 Å². The summed E-state index contributed by atoms with van der Waals surface area (Å²) in [5.41, 5.74) is 1.21. The van der Waals surface area contributed by atoms with Crippen LogP contribution >= 0.6 is 0 Å². The topological polar surface area (TPSA) is 71.2 Å². The van der Waals surface area contributed by atoms with Gasteiger partial charge in [-0.15, -0.1) is 0 Å². The molecule has 0 unspecified atom stereocenters. The number of rotatable bonds is 7. The van der Waals surface area contributed by atoms with Crippen LogP contribution in [0.5, 0.6) is 0 Å². The largest absolute Gasteiger partial charge is 0.377 e. The molecule has 1 heterocycles. The fraction of sp³-hybridized carbons (Fsp3) is 0.250. The maximum Gasteiger partial charge on any atom is 0.251 e. The molecule has 21 heavy (non-hydrogen) atoms. The van der Waals surface area contributed by atoms with Gasteiger partial charge in [-0.2, -0.15) is 0 Å². The van der Waals surface area contributed by atoms with Crippen molar-refractivity contribution in [1.29, 1.82) is 0 Å². The second-order valence-electron chi connectivity index (χ2n) is 4.59. The average Bonchev–Trinajstić information content (AvgIpc) is 2.51. The smallest absolute Gasteiger partial charge is 0.251 e. The molecular formula is C16H18N2O3. The van der Waals surface area contributed by atoms with Crippen molar-refractivity contribution in [2.45, 2.75) is 13.0 Å². The molecule has 0 saturated heterocycles. The molecular weight excluding hydrogens is 268 g/mol. The van der Waals surface area contributed by atoms with Crippen molar-refractivity contribution in [2.24, 2.45) is 0 Å². The number of amides is 1. The molecule has 0 aliphatic rings. The SMILES string of the molecule is O=C(NCCCOCc1ccccc1)c1cc[nH]c(=O)c1. The summed E-state index contributed by atoms with van der Waals surface area (Å²) in [6.07, 6.45) is 2.18. The molecule has 1 amide bonds. The molecule has 0 bridgehead atoms. The number of ether oxygens (including phenoxy) is 1. The van der Waals surface area contributed by atoms with E-state index < -0.39 is 0 Å². The Kier molecular flexibility index (Phi) is 5.72. The quantitative estimate of drug-likeness (QED) is 0.761. The molecule has 0 atom stereocenters. The molecule has 2 aromatic rings. The second kappa shape index (κ2) is 8.01. The summed E-state index contributed by atoms with van der Waals surface area (Å²) in [6, 6.07) is 12.8. The second-order valence-corrected chi connectivity index (χ2v) is 4.59. The number of H-pyrrole nitrogens is 1. The molecule has 1 aromatic carbocycles. The van der Waals surface area contributed by atoms with Crippen LogP contribution in [0, 0.1) is 0 Å². The van der Waals surface area contributed by atoms with Crippen molar-refractivity contribution in [3.63, 3.8) is 0 Å². The van der Waals surface area contributed by atoms with E-state index in [1.54, 1.807) is 6.07 Å². The standard InChI is InChI=1S/C16H18N2O3/c19-15-11-14(7-9-17-15)16(20)18-8-4-10-21-12-13-5-2-1-3-6-13/h1-3,5-7,9,11H,4,8,10,12H2,(H,17,19)(H,18,20). The van der Waals surface area contributed by atoms with Crippen LogP contribution in [-0.2, 0) is 11.3 Å². The third-order valence-corrected chi connectivity index (χ3v) is 2.90. The fourth-order valence-electron chi connectivity index (χ4n) is 1.83. The molecule has 0 aliphatic heterocycles. The molecule has 0 fully saturated rings. The van der Waals surface area contributed by atoms with E-state index >= 15 is 0 Å². The fourth-order valence-corrected chi connectivity index (χ4v) is 1.83. The summed E-state index contributed by atoms with van der Waals surface area (Å²) in [5, 5.41) is 2.75. The molecule has 110 valence electrons. The van der Waals surface area contributed by atoms with Crippen molar-refractivity contribution in [3.8, 4) is 0 Å². The summed E-state index contributed by atoms with van der Waals surface area (Å²) >= 11 is 0. The van der Waals surface area contributed by atoms with Gasteiger partial charge in [0.05, 0.1) is 6.61 Å². The van der Waals surface area contributed by atoms with Gasteiger partial charge in [0.2, 0.25) is 5.56 Å². The van der Waals surface area contributed by atoms with E-state index in [4.69, 9.17) is 4.74 Å². The van der Waals surface area contributed by atoms with Crippen LogP contribution in [0.2, 0.25) is 0 Å². The molecule has 5 nitrogen and oxygen atoms in total. The van der Waals surface area contributed by atoms with E-state index in [0.29, 0.717) is 25.3 Å². The van der Waals surface area contributed by atoms with Crippen molar-refractivity contribution in [3.05, 3.63) is 70.1 Å². The zero-order chi connectivity index (χ0) is 14.9. The Morgan fingerprint density at radius 2 is 2.00 bits per heavy atom. The molecule has 0 spiro atoms. The van der Waals surface area contributed by atoms with Gasteiger partial charge in [0.25, 0.3) is 5.91 Å². The number of carbonyl (C=O) groups is 1. The van der Waals surface area contributed by atoms with Gasteiger partial charge >= 0.3 is 0 Å². The summed E-state index contributed by atoms with van der Waals surface area (Å²) in [4.78, 5) is 25.3. The molecule has 0 radical (unpaired) electrons. The minimum absolute atomic E-state index is 0.246. The van der Waals surface area contributed by atoms with Crippen molar-refractivity contribution in [2.75, 3.05) is 13.2 Å². The van der Waals surface area contributed by atoms with Crippen LogP contribution in [0.1, 0.15) is 22.3 Å². The van der Waals surface area contributed by atoms with Gasteiger partial charge in [0, 0.05) is 31.0 Å². The summed E-state index contributed by atoms with van der Waals surface area (Å²) in [6.45, 7) is 1.66. The number of aromatic nitrogens is 1. The molecule has 2 N–H and O–H groups in total. The first-order valence-electron chi connectivity index (χ1n) is 6.84. The third kappa shape index (κ3) is 5.24. The Bertz CT molecular complexity index is 623. The number of hydrogen-bond donors (Lipinski definition) is 2. The van der Waals surface area contributed by atoms with Gasteiger partial charge < -0.3 is 15.0 Å². The van der Waals surface area contributed by atoms with Gasteiger partial charge in [-0.05, 0) is 18.1 Å². The summed E-state index contributed by atoms with van der Waals surface area (Å²) in [5.74, 6) is -0.246. The van der Waals surface area contributed by atoms with E-state index in [1.165, 1.54) is 12.3 Å². The monoisotopic (exact) mass is 286 g/mol. The number of carbonyl (C=O) groups excluding carboxylic acids is 1. The number of pyridine rings is 1. The average molecular weight is 286 g/mol. The Labute approximate surface area is 123 Å². The van der Waals surface area contributed by atoms with E-state index in [2.05, 4.69) is 10.3 Å². The van der Waals surface area contributed by atoms with Gasteiger partial charge in [0.1, 0.15) is 0 Å². The van der Waals surface area contributed by atoms with Crippen LogP contribution in [0.25, 0.3) is 0 Å². The first kappa shape index (κ1) is 15.0. The lowest BCUT2D eigenvalue weighted by atomic mass is 10.2. The van der Waals surface area contributed by atoms with E-state index in [0.717, 1.165) is 12.0 Å². The Hall–Kier alpha value is -2.40. The number of hydrogen-bond acceptors (Lipinski definition) is 3. The number of benzene rings is 1. The lowest BCUT2D eigenvalue weighted by Gasteiger charge is -2.06. The van der Waals surface area contributed by atoms with Crippen molar-refractivity contribution in [1.82, 2.24) is 10.3 Å². The van der Waals surface area contributed by atoms with E-state index in [9.17, 15) is 9.59 Å². The van der Waals surface area contributed by atoms with Gasteiger partial charge in [0.15, 0.2) is 0 Å². The highest BCUT2D eigenvalue weighted by molar-refractivity contribution is 5.93. The van der Waals surface area contributed by atoms with Gasteiger partial charge in [-0.3, -0.25) is 9.59 Å². The van der Waals surface area contributed by atoms with Crippen LogP contribution in [0.3, 0.4) is 0 Å². The minimum atomic E-state index is -0.283. The number of nitrogens with one attached hydrogen (secondary N) is 2. The highest BCUT2D eigenvalue weighted by Crippen LogP contribution is 2.00. The molecule has 0 aliphatic carbocycles. The Morgan fingerprint density at radius 3 is 2.76 bits per heavy atom. The molecule has 1 aromatic heterocycles. The first-order chi connectivity index (χ1) is 10.3. The van der Waals surface area contributed by atoms with Crippen molar-refractivity contribution >= 4 is 5.91 Å². The van der Waals surface area contributed by atoms with Crippen LogP contribution in [0.4, 0.5) is 0 Å². The highest BCUT2D eigenvalue weighted by atomic mass is 16.5. The summed E-state index contributed by atoms with van der Waals surface area (Å²) in [7, 11) is 0. The van der Waals surface area contributed by atoms with Crippen molar-refractivity contribution < 1.29 is 9.53 Å². The lowest BCUT2D eigenvalue weighted by Crippen LogP contribution is -2.26. The van der Waals surface area contributed by atoms with Crippen LogP contribution in [0.15, 0.2) is 53.5 Å². The third-order valence-electron chi connectivity index (χ3n) is 2.90. The lowest BCUT2D eigenvalue weighted by molar-refractivity contribution is 0.0934. The normalized spacial score (nSPS) is 10.3. The minimum Gasteiger partial charge on any atom is -0.377 e. The van der Waals surface area contributed by atoms with Gasteiger partial charge in [-0.1, -0.05) is 30.3 Å². The molecule has 5 heteroatoms. The van der Waals surface area contributed by atoms with E-state index in [1.807, 2.05) is 30.3 Å². The molecule has 0 saturated carbocycles. The van der Waals surface area contributed by atoms with Gasteiger partial charge in [-0.25, -0.2) is 0 Å². The zero-order valence-electron chi connectivity index (χ0n) is 11.7. The predicted octanol–water partition coefficient (Wildman–Crippen LogP) is 1.71. The zero-order valence-corrected chi connectivity index (χ0v) is 11.7. The Morgan fingerprint density at radius 1 is 1.19 bits per heavy atom. The Balaban J connectivity index is 1.61. The first-order valence-corrected chi connectivity index (χ1v) is 6.84. The molecule has 2 rings (SSSR count). The maximum atomic E-state index is 11.7. The summed E-state index contributed by atoms with van der Waals surface area (Å²) < 4.78 is 5.52.